The average molecular weight is 280 g/mol. The first-order valence-corrected chi connectivity index (χ1v) is 6.82. The van der Waals surface area contributed by atoms with Gasteiger partial charge in [-0.2, -0.15) is 5.10 Å². The topological polar surface area (TPSA) is 111 Å². The summed E-state index contributed by atoms with van der Waals surface area (Å²) in [6.45, 7) is 0.697. The minimum absolute atomic E-state index is 0.0174. The molecule has 1 aliphatic rings. The van der Waals surface area contributed by atoms with Crippen LogP contribution in [0.25, 0.3) is 0 Å². The van der Waals surface area contributed by atoms with Crippen molar-refractivity contribution in [3.63, 3.8) is 0 Å². The molecule has 3 heterocycles. The highest BCUT2D eigenvalue weighted by atomic mass is 32.2. The first kappa shape index (κ1) is 12.0. The molecule has 100 valence electrons. The molecule has 0 saturated carbocycles. The summed E-state index contributed by atoms with van der Waals surface area (Å²) in [5.74, 6) is 0.210. The predicted molar refractivity (Wildman–Crippen MR) is 69.2 cm³/mol. The molecule has 0 atom stereocenters. The normalized spacial score (nSPS) is 14.4. The summed E-state index contributed by atoms with van der Waals surface area (Å²) in [5, 5.41) is 13.3. The molecule has 0 spiro atoms. The van der Waals surface area contributed by atoms with Crippen LogP contribution in [-0.4, -0.2) is 43.6 Å². The van der Waals surface area contributed by atoms with Gasteiger partial charge in [-0.25, -0.2) is 9.89 Å². The number of aryl methyl sites for hydroxylation is 1. The minimum Gasteiger partial charge on any atom is -0.309 e. The summed E-state index contributed by atoms with van der Waals surface area (Å²) >= 11 is 1.20. The SMILES string of the molecule is O=C(CSc1n[nH]c(=O)[nH]1)N1CCCc2[nH]ncc21. The number of carbonyl (C=O) groups excluding carboxylic acids is 1. The molecule has 0 aliphatic carbocycles. The van der Waals surface area contributed by atoms with Crippen LogP contribution in [0, 0.1) is 0 Å². The quantitative estimate of drug-likeness (QED) is 0.680. The second kappa shape index (κ2) is 4.92. The van der Waals surface area contributed by atoms with Gasteiger partial charge in [-0.1, -0.05) is 11.8 Å². The van der Waals surface area contributed by atoms with Gasteiger partial charge >= 0.3 is 5.69 Å². The molecular weight excluding hydrogens is 268 g/mol. The Morgan fingerprint density at radius 1 is 1.47 bits per heavy atom. The lowest BCUT2D eigenvalue weighted by Crippen LogP contribution is -2.36. The second-order valence-electron chi connectivity index (χ2n) is 4.15. The van der Waals surface area contributed by atoms with Crippen LogP contribution in [0.1, 0.15) is 12.1 Å². The number of nitrogens with zero attached hydrogens (tertiary/aromatic N) is 3. The molecule has 1 aliphatic heterocycles. The number of thioether (sulfide) groups is 1. The van der Waals surface area contributed by atoms with E-state index in [1.807, 2.05) is 0 Å². The van der Waals surface area contributed by atoms with E-state index in [0.717, 1.165) is 24.2 Å². The molecule has 3 rings (SSSR count). The largest absolute Gasteiger partial charge is 0.341 e. The molecule has 1 amide bonds. The van der Waals surface area contributed by atoms with Gasteiger partial charge in [0, 0.05) is 6.54 Å². The van der Waals surface area contributed by atoms with Gasteiger partial charge < -0.3 is 4.90 Å². The fraction of sp³-hybridized carbons (Fsp3) is 0.400. The molecule has 2 aromatic heterocycles. The number of aromatic amines is 3. The number of hydrogen-bond donors (Lipinski definition) is 3. The molecular formula is C10H12N6O2S. The number of anilines is 1. The number of hydrogen-bond acceptors (Lipinski definition) is 5. The highest BCUT2D eigenvalue weighted by Gasteiger charge is 2.24. The van der Waals surface area contributed by atoms with E-state index in [-0.39, 0.29) is 17.3 Å². The predicted octanol–water partition coefficient (Wildman–Crippen LogP) is -0.107. The Kier molecular flexibility index (Phi) is 3.11. The van der Waals surface area contributed by atoms with Gasteiger partial charge in [-0.3, -0.25) is 14.9 Å². The van der Waals surface area contributed by atoms with Crippen LogP contribution in [0.15, 0.2) is 16.1 Å². The number of amides is 1. The van der Waals surface area contributed by atoms with Crippen molar-refractivity contribution in [1.29, 1.82) is 0 Å². The molecule has 8 nitrogen and oxygen atoms in total. The lowest BCUT2D eigenvalue weighted by Gasteiger charge is -2.26. The lowest BCUT2D eigenvalue weighted by atomic mass is 10.1. The van der Waals surface area contributed by atoms with E-state index >= 15 is 0 Å². The molecule has 0 unspecified atom stereocenters. The number of carbonyl (C=O) groups is 1. The van der Waals surface area contributed by atoms with E-state index in [1.54, 1.807) is 11.1 Å². The number of H-pyrrole nitrogens is 3. The van der Waals surface area contributed by atoms with Crippen molar-refractivity contribution >= 4 is 23.4 Å². The highest BCUT2D eigenvalue weighted by molar-refractivity contribution is 7.99. The maximum Gasteiger partial charge on any atom is 0.341 e. The Bertz CT molecular complexity index is 644. The second-order valence-corrected chi connectivity index (χ2v) is 5.12. The van der Waals surface area contributed by atoms with E-state index in [0.29, 0.717) is 11.7 Å². The Morgan fingerprint density at radius 2 is 2.37 bits per heavy atom. The van der Waals surface area contributed by atoms with Gasteiger partial charge in [0.05, 0.1) is 23.3 Å². The van der Waals surface area contributed by atoms with Gasteiger partial charge in [-0.05, 0) is 12.8 Å². The summed E-state index contributed by atoms with van der Waals surface area (Å²) in [5.41, 5.74) is 1.48. The minimum atomic E-state index is -0.370. The standard InChI is InChI=1S/C10H12N6O2S/c17-8(5-19-10-12-9(18)14-15-10)16-3-1-2-6-7(16)4-11-13-6/h4H,1-3,5H2,(H,11,13)(H2,12,14,15,18). The third-order valence-electron chi connectivity index (χ3n) is 2.91. The van der Waals surface area contributed by atoms with Crippen molar-refractivity contribution < 1.29 is 4.79 Å². The summed E-state index contributed by atoms with van der Waals surface area (Å²) in [6.07, 6.45) is 3.51. The zero-order valence-corrected chi connectivity index (χ0v) is 10.8. The first-order chi connectivity index (χ1) is 9.24. The van der Waals surface area contributed by atoms with Crippen LogP contribution >= 0.6 is 11.8 Å². The van der Waals surface area contributed by atoms with Crippen LogP contribution in [0.4, 0.5) is 5.69 Å². The van der Waals surface area contributed by atoms with E-state index in [1.165, 1.54) is 11.8 Å². The van der Waals surface area contributed by atoms with Crippen LogP contribution in [-0.2, 0) is 11.2 Å². The van der Waals surface area contributed by atoms with Gasteiger partial charge in [0.25, 0.3) is 0 Å². The molecule has 0 bridgehead atoms. The Morgan fingerprint density at radius 3 is 3.16 bits per heavy atom. The molecule has 0 fully saturated rings. The third-order valence-corrected chi connectivity index (χ3v) is 3.77. The molecule has 2 aromatic rings. The third kappa shape index (κ3) is 2.41. The van der Waals surface area contributed by atoms with E-state index < -0.39 is 0 Å². The fourth-order valence-electron chi connectivity index (χ4n) is 2.05. The van der Waals surface area contributed by atoms with Crippen molar-refractivity contribution in [3.8, 4) is 0 Å². The van der Waals surface area contributed by atoms with Crippen molar-refractivity contribution in [2.75, 3.05) is 17.2 Å². The van der Waals surface area contributed by atoms with Gasteiger partial charge in [-0.15, -0.1) is 5.10 Å². The number of nitrogens with one attached hydrogen (secondary N) is 3. The monoisotopic (exact) mass is 280 g/mol. The number of fused-ring (bicyclic) bond motifs is 1. The van der Waals surface area contributed by atoms with Gasteiger partial charge in [0.1, 0.15) is 0 Å². The fourth-order valence-corrected chi connectivity index (χ4v) is 2.74. The molecule has 0 saturated heterocycles. The van der Waals surface area contributed by atoms with Crippen LogP contribution in [0.3, 0.4) is 0 Å². The smallest absolute Gasteiger partial charge is 0.309 e. The van der Waals surface area contributed by atoms with E-state index in [2.05, 4.69) is 25.4 Å². The van der Waals surface area contributed by atoms with Crippen molar-refractivity contribution in [1.82, 2.24) is 25.4 Å². The summed E-state index contributed by atoms with van der Waals surface area (Å²) in [4.78, 5) is 27.3. The zero-order chi connectivity index (χ0) is 13.2. The van der Waals surface area contributed by atoms with Crippen LogP contribution in [0.5, 0.6) is 0 Å². The molecule has 3 N–H and O–H groups in total. The number of aromatic nitrogens is 5. The average Bonchev–Trinajstić information content (AvgIpc) is 3.03. The van der Waals surface area contributed by atoms with Crippen LogP contribution in [0.2, 0.25) is 0 Å². The Hall–Kier alpha value is -2.03. The molecule has 19 heavy (non-hydrogen) atoms. The summed E-state index contributed by atoms with van der Waals surface area (Å²) in [7, 11) is 0. The maximum atomic E-state index is 12.2. The zero-order valence-electron chi connectivity index (χ0n) is 9.97. The molecule has 0 radical (unpaired) electrons. The summed E-state index contributed by atoms with van der Waals surface area (Å²) in [6, 6.07) is 0. The van der Waals surface area contributed by atoms with E-state index in [4.69, 9.17) is 0 Å². The van der Waals surface area contributed by atoms with Crippen LogP contribution < -0.4 is 10.6 Å². The van der Waals surface area contributed by atoms with Crippen molar-refractivity contribution in [3.05, 3.63) is 22.4 Å². The van der Waals surface area contributed by atoms with Gasteiger partial charge in [0.15, 0.2) is 5.16 Å². The van der Waals surface area contributed by atoms with E-state index in [9.17, 15) is 9.59 Å². The molecule has 0 aromatic carbocycles. The Labute approximate surface area is 112 Å². The first-order valence-electron chi connectivity index (χ1n) is 5.84. The van der Waals surface area contributed by atoms with Crippen molar-refractivity contribution in [2.45, 2.75) is 18.0 Å². The number of rotatable bonds is 3. The molecule has 9 heteroatoms. The summed E-state index contributed by atoms with van der Waals surface area (Å²) < 4.78 is 0. The highest BCUT2D eigenvalue weighted by Crippen LogP contribution is 2.25. The maximum absolute atomic E-state index is 12.2. The lowest BCUT2D eigenvalue weighted by molar-refractivity contribution is -0.116. The van der Waals surface area contributed by atoms with Crippen molar-refractivity contribution in [2.24, 2.45) is 0 Å². The Balaban J connectivity index is 1.67. The van der Waals surface area contributed by atoms with Gasteiger partial charge in [0.2, 0.25) is 5.91 Å².